The van der Waals surface area contributed by atoms with Crippen molar-refractivity contribution in [1.29, 1.82) is 0 Å². The zero-order valence-electron chi connectivity index (χ0n) is 14.5. The molecule has 0 saturated carbocycles. The van der Waals surface area contributed by atoms with E-state index in [1.54, 1.807) is 6.20 Å². The Labute approximate surface area is 153 Å². The summed E-state index contributed by atoms with van der Waals surface area (Å²) in [5, 5.41) is 7.28. The summed E-state index contributed by atoms with van der Waals surface area (Å²) in [6, 6.07) is 3.94. The molecule has 1 fully saturated rings. The van der Waals surface area contributed by atoms with E-state index in [0.717, 1.165) is 18.7 Å². The van der Waals surface area contributed by atoms with Crippen molar-refractivity contribution in [2.75, 3.05) is 19.6 Å². The second-order valence-corrected chi connectivity index (χ2v) is 6.29. The number of halogens is 1. The third-order valence-corrected chi connectivity index (χ3v) is 4.19. The van der Waals surface area contributed by atoms with Gasteiger partial charge in [0.15, 0.2) is 5.82 Å². The van der Waals surface area contributed by atoms with E-state index in [2.05, 4.69) is 20.4 Å². The monoisotopic (exact) mass is 365 g/mol. The van der Waals surface area contributed by atoms with E-state index >= 15 is 0 Å². The molecule has 1 unspecified atom stereocenters. The van der Waals surface area contributed by atoms with Gasteiger partial charge in [0, 0.05) is 50.8 Å². The van der Waals surface area contributed by atoms with Crippen molar-refractivity contribution in [2.24, 2.45) is 0 Å². The smallest absolute Gasteiger partial charge is 0.227 e. The highest BCUT2D eigenvalue weighted by molar-refractivity contribution is 5.85. The summed E-state index contributed by atoms with van der Waals surface area (Å²) >= 11 is 0. The van der Waals surface area contributed by atoms with Crippen LogP contribution in [0.1, 0.15) is 49.5 Å². The number of carbonyl (C=O) groups is 1. The average Bonchev–Trinajstić information content (AvgIpc) is 3.10. The molecule has 1 aliphatic rings. The molecule has 1 amide bonds. The predicted molar refractivity (Wildman–Crippen MR) is 95.5 cm³/mol. The van der Waals surface area contributed by atoms with Crippen molar-refractivity contribution >= 4 is 18.3 Å². The fourth-order valence-electron chi connectivity index (χ4n) is 2.84. The van der Waals surface area contributed by atoms with Gasteiger partial charge in [-0.1, -0.05) is 25.1 Å². The first-order chi connectivity index (χ1) is 11.6. The van der Waals surface area contributed by atoms with E-state index in [4.69, 9.17) is 4.52 Å². The second-order valence-electron chi connectivity index (χ2n) is 6.29. The predicted octanol–water partition coefficient (Wildman–Crippen LogP) is 2.12. The third-order valence-electron chi connectivity index (χ3n) is 4.19. The number of rotatable bonds is 5. The molecular weight excluding hydrogens is 342 g/mol. The highest BCUT2D eigenvalue weighted by Crippen LogP contribution is 2.22. The molecule has 1 aliphatic heterocycles. The lowest BCUT2D eigenvalue weighted by Crippen LogP contribution is -2.48. The van der Waals surface area contributed by atoms with Crippen LogP contribution >= 0.6 is 12.4 Å². The molecular formula is C17H24ClN5O2. The molecule has 0 radical (unpaired) electrons. The fraction of sp³-hybridized carbons (Fsp3) is 0.529. The van der Waals surface area contributed by atoms with E-state index in [1.807, 2.05) is 37.1 Å². The fourth-order valence-corrected chi connectivity index (χ4v) is 2.84. The van der Waals surface area contributed by atoms with Gasteiger partial charge in [-0.05, 0) is 11.6 Å². The van der Waals surface area contributed by atoms with Crippen LogP contribution in [0.15, 0.2) is 29.0 Å². The van der Waals surface area contributed by atoms with E-state index in [-0.39, 0.29) is 30.3 Å². The number of aryl methyl sites for hydroxylation is 1. The minimum absolute atomic E-state index is 0. The molecule has 0 aliphatic carbocycles. The van der Waals surface area contributed by atoms with Crippen molar-refractivity contribution in [3.63, 3.8) is 0 Å². The standard InChI is InChI=1S/C17H23N5O2.ClH/c1-12(2)17-20-15(24-21-17)5-6-16(23)22-9-8-19-11-14(22)13-4-3-7-18-10-13;/h3-4,7,10,12,14,19H,5-6,8-9,11H2,1-2H3;1H. The van der Waals surface area contributed by atoms with E-state index in [0.29, 0.717) is 31.1 Å². The third kappa shape index (κ3) is 4.76. The van der Waals surface area contributed by atoms with Gasteiger partial charge >= 0.3 is 0 Å². The van der Waals surface area contributed by atoms with Crippen LogP contribution in [0.5, 0.6) is 0 Å². The maximum atomic E-state index is 12.7. The van der Waals surface area contributed by atoms with Gasteiger partial charge < -0.3 is 14.7 Å². The molecule has 1 saturated heterocycles. The van der Waals surface area contributed by atoms with Gasteiger partial charge in [0.1, 0.15) is 0 Å². The van der Waals surface area contributed by atoms with Gasteiger partial charge in [-0.15, -0.1) is 12.4 Å². The molecule has 0 aromatic carbocycles. The first-order valence-electron chi connectivity index (χ1n) is 8.37. The van der Waals surface area contributed by atoms with Crippen LogP contribution < -0.4 is 5.32 Å². The Morgan fingerprint density at radius 2 is 2.32 bits per heavy atom. The lowest BCUT2D eigenvalue weighted by Gasteiger charge is -2.36. The molecule has 0 spiro atoms. The van der Waals surface area contributed by atoms with E-state index in [1.165, 1.54) is 0 Å². The summed E-state index contributed by atoms with van der Waals surface area (Å²) in [6.45, 7) is 6.27. The van der Waals surface area contributed by atoms with Crippen molar-refractivity contribution in [1.82, 2.24) is 25.3 Å². The molecule has 2 aromatic heterocycles. The van der Waals surface area contributed by atoms with Crippen molar-refractivity contribution < 1.29 is 9.32 Å². The summed E-state index contributed by atoms with van der Waals surface area (Å²) in [5.41, 5.74) is 1.05. The van der Waals surface area contributed by atoms with Gasteiger partial charge in [-0.3, -0.25) is 9.78 Å². The van der Waals surface area contributed by atoms with Crippen molar-refractivity contribution in [3.05, 3.63) is 41.8 Å². The molecule has 3 rings (SSSR count). The van der Waals surface area contributed by atoms with Gasteiger partial charge in [0.05, 0.1) is 6.04 Å². The number of carbonyl (C=O) groups excluding carboxylic acids is 1. The average molecular weight is 366 g/mol. The van der Waals surface area contributed by atoms with Gasteiger partial charge in [-0.2, -0.15) is 4.98 Å². The van der Waals surface area contributed by atoms with E-state index in [9.17, 15) is 4.79 Å². The minimum atomic E-state index is 0. The van der Waals surface area contributed by atoms with Gasteiger partial charge in [-0.25, -0.2) is 0 Å². The quantitative estimate of drug-likeness (QED) is 0.873. The van der Waals surface area contributed by atoms with Gasteiger partial charge in [0.2, 0.25) is 11.8 Å². The SMILES string of the molecule is CC(C)c1noc(CCC(=O)N2CCNCC2c2cccnc2)n1.Cl. The summed E-state index contributed by atoms with van der Waals surface area (Å²) in [5.74, 6) is 1.55. The number of nitrogens with zero attached hydrogens (tertiary/aromatic N) is 4. The molecule has 2 aromatic rings. The van der Waals surface area contributed by atoms with Crippen molar-refractivity contribution in [3.8, 4) is 0 Å². The molecule has 1 atom stereocenters. The van der Waals surface area contributed by atoms with E-state index < -0.39 is 0 Å². The minimum Gasteiger partial charge on any atom is -0.339 e. The Kier molecular flexibility index (Phi) is 6.90. The summed E-state index contributed by atoms with van der Waals surface area (Å²) in [6.07, 6.45) is 4.41. The number of aromatic nitrogens is 3. The topological polar surface area (TPSA) is 84.2 Å². The van der Waals surface area contributed by atoms with Gasteiger partial charge in [0.25, 0.3) is 0 Å². The van der Waals surface area contributed by atoms with Crippen LogP contribution in [0.3, 0.4) is 0 Å². The van der Waals surface area contributed by atoms with Crippen LogP contribution in [-0.4, -0.2) is 45.6 Å². The zero-order chi connectivity index (χ0) is 16.9. The number of nitrogens with one attached hydrogen (secondary N) is 1. The summed E-state index contributed by atoms with van der Waals surface area (Å²) < 4.78 is 5.22. The number of pyridine rings is 1. The van der Waals surface area contributed by atoms with Crippen LogP contribution in [0.25, 0.3) is 0 Å². The maximum Gasteiger partial charge on any atom is 0.227 e. The molecule has 25 heavy (non-hydrogen) atoms. The van der Waals surface area contributed by atoms with Crippen LogP contribution in [0.2, 0.25) is 0 Å². The lowest BCUT2D eigenvalue weighted by atomic mass is 10.0. The largest absolute Gasteiger partial charge is 0.339 e. The number of hydrogen-bond donors (Lipinski definition) is 1. The lowest BCUT2D eigenvalue weighted by molar-refractivity contribution is -0.134. The van der Waals surface area contributed by atoms with Crippen LogP contribution in [0, 0.1) is 0 Å². The normalized spacial score (nSPS) is 17.4. The molecule has 3 heterocycles. The number of piperazine rings is 1. The highest BCUT2D eigenvalue weighted by Gasteiger charge is 2.28. The zero-order valence-corrected chi connectivity index (χ0v) is 15.3. The van der Waals surface area contributed by atoms with Crippen molar-refractivity contribution in [2.45, 2.75) is 38.6 Å². The Bertz CT molecular complexity index is 677. The first-order valence-corrected chi connectivity index (χ1v) is 8.37. The van der Waals surface area contributed by atoms with Crippen LogP contribution in [-0.2, 0) is 11.2 Å². The molecule has 7 nitrogen and oxygen atoms in total. The second kappa shape index (κ2) is 8.92. The molecule has 1 N–H and O–H groups in total. The Balaban J connectivity index is 0.00000225. The highest BCUT2D eigenvalue weighted by atomic mass is 35.5. The number of hydrogen-bond acceptors (Lipinski definition) is 6. The Hall–Kier alpha value is -1.99. The number of amides is 1. The molecule has 8 heteroatoms. The Morgan fingerprint density at radius 3 is 3.00 bits per heavy atom. The summed E-state index contributed by atoms with van der Waals surface area (Å²) in [7, 11) is 0. The molecule has 0 bridgehead atoms. The Morgan fingerprint density at radius 1 is 1.48 bits per heavy atom. The maximum absolute atomic E-state index is 12.7. The first kappa shape index (κ1) is 19.3. The molecule has 136 valence electrons. The summed E-state index contributed by atoms with van der Waals surface area (Å²) in [4.78, 5) is 23.1. The van der Waals surface area contributed by atoms with Crippen LogP contribution in [0.4, 0.5) is 0 Å².